The van der Waals surface area contributed by atoms with Crippen LogP contribution in [-0.4, -0.2) is 35.0 Å². The lowest BCUT2D eigenvalue weighted by Gasteiger charge is -2.43. The van der Waals surface area contributed by atoms with Crippen LogP contribution in [0.3, 0.4) is 0 Å². The van der Waals surface area contributed by atoms with E-state index in [1.807, 2.05) is 12.1 Å². The Hall–Kier alpha value is -2.01. The van der Waals surface area contributed by atoms with Gasteiger partial charge in [-0.2, -0.15) is 0 Å². The molecule has 186 valence electrons. The van der Waals surface area contributed by atoms with Gasteiger partial charge in [0, 0.05) is 22.1 Å². The smallest absolute Gasteiger partial charge is 0.330 e. The number of aryl methyl sites for hydroxylation is 1. The maximum absolute atomic E-state index is 12.5. The van der Waals surface area contributed by atoms with Gasteiger partial charge in [0.25, 0.3) is 13.9 Å². The topological polar surface area (TPSA) is 73.3 Å². The summed E-state index contributed by atoms with van der Waals surface area (Å²) in [7, 11) is -2.69. The quantitative estimate of drug-likeness (QED) is 0.253. The van der Waals surface area contributed by atoms with Gasteiger partial charge in [-0.15, -0.1) is 0 Å². The van der Waals surface area contributed by atoms with Crippen LogP contribution in [0.2, 0.25) is 5.04 Å². The van der Waals surface area contributed by atoms with Gasteiger partial charge in [-0.25, -0.2) is 4.79 Å². The van der Waals surface area contributed by atoms with E-state index in [1.54, 1.807) is 13.1 Å². The SMILES string of the molecule is Cc1cn([C@H]2CC(CI)[C@@H](CO[Si](c3ccccc3)(c3ccccc3)C(C)(C)C)O2)c(=O)[nH]c1=O. The first kappa shape index (κ1) is 26.1. The van der Waals surface area contributed by atoms with Crippen LogP contribution in [0.25, 0.3) is 0 Å². The highest BCUT2D eigenvalue weighted by Gasteiger charge is 2.51. The first-order chi connectivity index (χ1) is 16.7. The summed E-state index contributed by atoms with van der Waals surface area (Å²) in [6, 6.07) is 21.1. The highest BCUT2D eigenvalue weighted by Crippen LogP contribution is 2.39. The molecule has 1 fully saturated rings. The summed E-state index contributed by atoms with van der Waals surface area (Å²) in [5.74, 6) is 0.234. The van der Waals surface area contributed by atoms with E-state index in [4.69, 9.17) is 9.16 Å². The minimum atomic E-state index is -2.69. The van der Waals surface area contributed by atoms with E-state index in [0.717, 1.165) is 4.43 Å². The Labute approximate surface area is 221 Å². The summed E-state index contributed by atoms with van der Waals surface area (Å²) in [6.45, 7) is 8.92. The molecule has 6 nitrogen and oxygen atoms in total. The first-order valence-corrected chi connectivity index (χ1v) is 15.4. The second-order valence-electron chi connectivity index (χ2n) is 10.2. The molecule has 1 aliphatic rings. The number of H-pyrrole nitrogens is 1. The average molecular weight is 605 g/mol. The Morgan fingerprint density at radius 1 is 1.06 bits per heavy atom. The highest BCUT2D eigenvalue weighted by atomic mass is 127. The van der Waals surface area contributed by atoms with Crippen molar-refractivity contribution in [2.45, 2.75) is 51.5 Å². The highest BCUT2D eigenvalue weighted by molar-refractivity contribution is 14.1. The van der Waals surface area contributed by atoms with Crippen molar-refractivity contribution in [3.63, 3.8) is 0 Å². The summed E-state index contributed by atoms with van der Waals surface area (Å²) in [6.07, 6.45) is 1.72. The molecule has 0 spiro atoms. The lowest BCUT2D eigenvalue weighted by Crippen LogP contribution is -2.67. The predicted octanol–water partition coefficient (Wildman–Crippen LogP) is 3.76. The number of benzene rings is 2. The van der Waals surface area contributed by atoms with Gasteiger partial charge in [-0.1, -0.05) is 104 Å². The first-order valence-electron chi connectivity index (χ1n) is 12.0. The third-order valence-corrected chi connectivity index (χ3v) is 13.0. The number of ether oxygens (including phenoxy) is 1. The Morgan fingerprint density at radius 2 is 1.63 bits per heavy atom. The second kappa shape index (κ2) is 10.5. The predicted molar refractivity (Wildman–Crippen MR) is 151 cm³/mol. The van der Waals surface area contributed by atoms with E-state index < -0.39 is 20.2 Å². The van der Waals surface area contributed by atoms with Crippen LogP contribution in [0.4, 0.5) is 0 Å². The van der Waals surface area contributed by atoms with Crippen molar-refractivity contribution < 1.29 is 9.16 Å². The molecule has 1 unspecified atom stereocenters. The van der Waals surface area contributed by atoms with Gasteiger partial charge in [0.1, 0.15) is 6.23 Å². The second-order valence-corrected chi connectivity index (χ2v) is 15.4. The molecule has 2 aromatic carbocycles. The van der Waals surface area contributed by atoms with E-state index in [2.05, 4.69) is 96.9 Å². The molecular formula is C27H33IN2O4Si. The van der Waals surface area contributed by atoms with Crippen molar-refractivity contribution in [1.82, 2.24) is 9.55 Å². The third kappa shape index (κ3) is 5.12. The Balaban J connectivity index is 1.68. The van der Waals surface area contributed by atoms with Gasteiger partial charge in [0.15, 0.2) is 0 Å². The third-order valence-electron chi connectivity index (χ3n) is 6.90. The molecule has 4 rings (SSSR count). The number of aromatic nitrogens is 2. The Morgan fingerprint density at radius 3 is 2.14 bits per heavy atom. The zero-order valence-corrected chi connectivity index (χ0v) is 23.8. The lowest BCUT2D eigenvalue weighted by molar-refractivity contribution is -0.0276. The standard InChI is InChI=1S/C27H33IN2O4Si/c1-19-17-30(26(32)29-25(19)31)24-15-20(16-28)23(34-24)18-33-35(27(2,3)4,21-11-7-5-8-12-21)22-13-9-6-10-14-22/h5-14,17,20,23-24H,15-16,18H2,1-4H3,(H,29,31,32)/t20?,23-,24-/m1/s1. The number of hydrogen-bond acceptors (Lipinski definition) is 4. The van der Waals surface area contributed by atoms with Crippen molar-refractivity contribution >= 4 is 41.3 Å². The zero-order valence-electron chi connectivity index (χ0n) is 20.7. The van der Waals surface area contributed by atoms with Crippen LogP contribution in [0.1, 0.15) is 39.0 Å². The molecule has 3 atom stereocenters. The Kier molecular flexibility index (Phi) is 7.85. The molecule has 1 aliphatic heterocycles. The largest absolute Gasteiger partial charge is 0.405 e. The fourth-order valence-electron chi connectivity index (χ4n) is 5.06. The minimum absolute atomic E-state index is 0.125. The maximum atomic E-state index is 12.5. The van der Waals surface area contributed by atoms with Crippen LogP contribution in [0, 0.1) is 12.8 Å². The van der Waals surface area contributed by atoms with Crippen molar-refractivity contribution in [1.29, 1.82) is 0 Å². The summed E-state index contributed by atoms with van der Waals surface area (Å²) in [5, 5.41) is 2.33. The molecule has 0 radical (unpaired) electrons. The molecule has 1 aromatic heterocycles. The van der Waals surface area contributed by atoms with Gasteiger partial charge in [-0.05, 0) is 28.8 Å². The number of halogens is 1. The van der Waals surface area contributed by atoms with E-state index in [0.29, 0.717) is 18.6 Å². The average Bonchev–Trinajstić information content (AvgIpc) is 3.25. The van der Waals surface area contributed by atoms with Crippen LogP contribution >= 0.6 is 22.6 Å². The summed E-state index contributed by atoms with van der Waals surface area (Å²) in [4.78, 5) is 26.7. The number of nitrogens with one attached hydrogen (secondary N) is 1. The molecule has 3 aromatic rings. The molecule has 1 saturated heterocycles. The molecule has 2 heterocycles. The van der Waals surface area contributed by atoms with Gasteiger partial charge >= 0.3 is 5.69 Å². The van der Waals surface area contributed by atoms with Gasteiger partial charge < -0.3 is 9.16 Å². The molecule has 8 heteroatoms. The van der Waals surface area contributed by atoms with E-state index in [1.165, 1.54) is 14.9 Å². The Bertz CT molecular complexity index is 1210. The van der Waals surface area contributed by atoms with Crippen LogP contribution < -0.4 is 21.6 Å². The van der Waals surface area contributed by atoms with E-state index in [-0.39, 0.29) is 22.6 Å². The van der Waals surface area contributed by atoms with Crippen LogP contribution in [0.15, 0.2) is 76.4 Å². The van der Waals surface area contributed by atoms with Crippen molar-refractivity contribution in [3.05, 3.63) is 93.3 Å². The van der Waals surface area contributed by atoms with E-state index >= 15 is 0 Å². The van der Waals surface area contributed by atoms with Gasteiger partial charge in [0.05, 0.1) is 12.7 Å². The van der Waals surface area contributed by atoms with Crippen molar-refractivity contribution in [2.24, 2.45) is 5.92 Å². The van der Waals surface area contributed by atoms with Gasteiger partial charge in [-0.3, -0.25) is 14.3 Å². The van der Waals surface area contributed by atoms with Crippen LogP contribution in [0.5, 0.6) is 0 Å². The molecule has 0 aliphatic carbocycles. The monoisotopic (exact) mass is 604 g/mol. The molecule has 0 amide bonds. The fourth-order valence-corrected chi connectivity index (χ4v) is 10.6. The lowest BCUT2D eigenvalue weighted by atomic mass is 10.0. The maximum Gasteiger partial charge on any atom is 0.330 e. The summed E-state index contributed by atoms with van der Waals surface area (Å²) < 4.78 is 15.9. The van der Waals surface area contributed by atoms with Crippen molar-refractivity contribution in [2.75, 3.05) is 11.0 Å². The normalized spacial score (nSPS) is 20.8. The molecule has 35 heavy (non-hydrogen) atoms. The fraction of sp³-hybridized carbons (Fsp3) is 0.407. The number of alkyl halides is 1. The molecule has 0 bridgehead atoms. The number of aromatic amines is 1. The van der Waals surface area contributed by atoms with E-state index in [9.17, 15) is 9.59 Å². The number of rotatable bonds is 7. The summed E-state index contributed by atoms with van der Waals surface area (Å²) in [5.41, 5.74) is -0.307. The van der Waals surface area contributed by atoms with Crippen LogP contribution in [-0.2, 0) is 9.16 Å². The molecule has 0 saturated carbocycles. The van der Waals surface area contributed by atoms with Crippen molar-refractivity contribution in [3.8, 4) is 0 Å². The molecule has 1 N–H and O–H groups in total. The number of nitrogens with zero attached hydrogens (tertiary/aromatic N) is 1. The van der Waals surface area contributed by atoms with Gasteiger partial charge in [0.2, 0.25) is 0 Å². The molecular weight excluding hydrogens is 571 g/mol. The minimum Gasteiger partial charge on any atom is -0.405 e. The number of hydrogen-bond donors (Lipinski definition) is 1. The summed E-state index contributed by atoms with van der Waals surface area (Å²) >= 11 is 2.39. The zero-order chi connectivity index (χ0) is 25.2.